The van der Waals surface area contributed by atoms with Gasteiger partial charge in [0.15, 0.2) is 0 Å². The molecule has 0 aliphatic carbocycles. The van der Waals surface area contributed by atoms with Crippen LogP contribution >= 0.6 is 0 Å². The van der Waals surface area contributed by atoms with Crippen LogP contribution in [0.3, 0.4) is 0 Å². The summed E-state index contributed by atoms with van der Waals surface area (Å²) in [5, 5.41) is 0. The summed E-state index contributed by atoms with van der Waals surface area (Å²) in [7, 11) is 0. The maximum atomic E-state index is 0. The van der Waals surface area contributed by atoms with Gasteiger partial charge in [0, 0.05) is 56.4 Å². The monoisotopic (exact) mass is 192 g/mol. The maximum Gasteiger partial charge on any atom is 0 e. The average molecular weight is 192 g/mol. The summed E-state index contributed by atoms with van der Waals surface area (Å²) in [6.45, 7) is 0. The van der Waals surface area contributed by atoms with Crippen LogP contribution in [0.25, 0.3) is 0 Å². The molecule has 0 spiro atoms. The normalized spacial score (nSPS) is 0. The Labute approximate surface area is 83.5 Å². The molecule has 0 bridgehead atoms. The zero-order chi connectivity index (χ0) is 0. The second kappa shape index (κ2) is 198. The van der Waals surface area contributed by atoms with E-state index in [2.05, 4.69) is 0 Å². The van der Waals surface area contributed by atoms with Crippen LogP contribution in [-0.4, -0.2) is 62.1 Å². The van der Waals surface area contributed by atoms with Crippen LogP contribution in [-0.2, 0) is 21.7 Å². The molecular formula is H10Al2O5Ti. The van der Waals surface area contributed by atoms with Gasteiger partial charge < -0.3 is 27.4 Å². The first kappa shape index (κ1) is 283. The average Bonchev–Trinajstić information content (AvgIpc) is 0. The van der Waals surface area contributed by atoms with Crippen molar-refractivity contribution in [3.8, 4) is 0 Å². The third-order valence-electron chi connectivity index (χ3n) is 0. The second-order valence-electron chi connectivity index (χ2n) is 0. The fourth-order valence-corrected chi connectivity index (χ4v) is 0. The zero-order valence-corrected chi connectivity index (χ0v) is 8.03. The van der Waals surface area contributed by atoms with Crippen molar-refractivity contribution >= 4 is 34.7 Å². The molecule has 0 amide bonds. The Hall–Kier alpha value is 1.58. The molecule has 0 aliphatic rings. The van der Waals surface area contributed by atoms with Gasteiger partial charge in [-0.2, -0.15) is 0 Å². The molecule has 0 rings (SSSR count). The minimum atomic E-state index is 0. The standard InChI is InChI=1S/2Al.5H2O.Ti/h;;5*1H2;. The smallest absolute Gasteiger partial charge is 0 e. The van der Waals surface area contributed by atoms with E-state index in [9.17, 15) is 0 Å². The number of hydrogen-bond donors (Lipinski definition) is 0. The summed E-state index contributed by atoms with van der Waals surface area (Å²) in [6.07, 6.45) is 0. The molecule has 0 fully saturated rings. The summed E-state index contributed by atoms with van der Waals surface area (Å²) in [4.78, 5) is 0. The molecule has 6 radical (unpaired) electrons. The minimum absolute atomic E-state index is 0. The summed E-state index contributed by atoms with van der Waals surface area (Å²) >= 11 is 0. The van der Waals surface area contributed by atoms with Crippen molar-refractivity contribution in [2.24, 2.45) is 0 Å². The third-order valence-corrected chi connectivity index (χ3v) is 0. The van der Waals surface area contributed by atoms with Crippen LogP contribution < -0.4 is 0 Å². The predicted molar refractivity (Wildman–Crippen MR) is 29.6 cm³/mol. The molecule has 10 N–H and O–H groups in total. The van der Waals surface area contributed by atoms with Gasteiger partial charge in [-0.25, -0.2) is 0 Å². The predicted octanol–water partition coefficient (Wildman–Crippen LogP) is -4.89. The summed E-state index contributed by atoms with van der Waals surface area (Å²) < 4.78 is 0. The molecule has 0 aromatic carbocycles. The Kier molecular flexibility index (Phi) is 6980. The van der Waals surface area contributed by atoms with Crippen LogP contribution in [0.5, 0.6) is 0 Å². The fraction of sp³-hybridized carbons (Fsp3) is 0. The Morgan fingerprint density at radius 1 is 0.375 bits per heavy atom. The molecule has 0 aromatic rings. The Bertz CT molecular complexity index is 10.4. The van der Waals surface area contributed by atoms with Gasteiger partial charge >= 0.3 is 0 Å². The third kappa shape index (κ3) is 132. The van der Waals surface area contributed by atoms with Crippen LogP contribution in [0.15, 0.2) is 0 Å². The van der Waals surface area contributed by atoms with E-state index in [1.165, 1.54) is 0 Å². The van der Waals surface area contributed by atoms with E-state index in [1.807, 2.05) is 0 Å². The van der Waals surface area contributed by atoms with Crippen molar-refractivity contribution < 1.29 is 49.1 Å². The largest absolute Gasteiger partial charge is 0.412 e. The van der Waals surface area contributed by atoms with Crippen molar-refractivity contribution in [2.45, 2.75) is 0 Å². The van der Waals surface area contributed by atoms with E-state index in [-0.39, 0.29) is 83.8 Å². The molecule has 50 valence electrons. The van der Waals surface area contributed by atoms with E-state index < -0.39 is 0 Å². The molecule has 5 nitrogen and oxygen atoms in total. The fourth-order valence-electron chi connectivity index (χ4n) is 0. The summed E-state index contributed by atoms with van der Waals surface area (Å²) in [5.41, 5.74) is 0. The van der Waals surface area contributed by atoms with Crippen molar-refractivity contribution in [1.82, 2.24) is 0 Å². The zero-order valence-electron chi connectivity index (χ0n) is 4.15. The Morgan fingerprint density at radius 2 is 0.375 bits per heavy atom. The van der Waals surface area contributed by atoms with Gasteiger partial charge in [-0.3, -0.25) is 0 Å². The molecular weight excluding hydrogens is 182 g/mol. The van der Waals surface area contributed by atoms with E-state index in [1.54, 1.807) is 0 Å². The number of rotatable bonds is 0. The first-order valence-electron chi connectivity index (χ1n) is 0. The van der Waals surface area contributed by atoms with Crippen LogP contribution in [0.4, 0.5) is 0 Å². The van der Waals surface area contributed by atoms with Gasteiger partial charge in [0.05, 0.1) is 0 Å². The van der Waals surface area contributed by atoms with E-state index >= 15 is 0 Å². The molecule has 8 heavy (non-hydrogen) atoms. The SMILES string of the molecule is O.O.O.O.O.[Al].[Al].[Ti]. The number of hydrogen-bond acceptors (Lipinski definition) is 0. The Morgan fingerprint density at radius 3 is 0.375 bits per heavy atom. The second-order valence-corrected chi connectivity index (χ2v) is 0. The van der Waals surface area contributed by atoms with Crippen LogP contribution in [0, 0.1) is 0 Å². The van der Waals surface area contributed by atoms with Gasteiger partial charge in [-0.15, -0.1) is 0 Å². The van der Waals surface area contributed by atoms with Gasteiger partial charge in [-0.05, 0) is 0 Å². The first-order valence-corrected chi connectivity index (χ1v) is 0. The van der Waals surface area contributed by atoms with Crippen LogP contribution in [0.2, 0.25) is 0 Å². The summed E-state index contributed by atoms with van der Waals surface area (Å²) in [6, 6.07) is 0. The molecule has 0 aliphatic heterocycles. The molecule has 8 heteroatoms. The Balaban J connectivity index is 0. The van der Waals surface area contributed by atoms with E-state index in [0.717, 1.165) is 0 Å². The van der Waals surface area contributed by atoms with Gasteiger partial charge in [0.1, 0.15) is 0 Å². The summed E-state index contributed by atoms with van der Waals surface area (Å²) in [5.74, 6) is 0. The van der Waals surface area contributed by atoms with Crippen molar-refractivity contribution in [2.75, 3.05) is 0 Å². The van der Waals surface area contributed by atoms with Gasteiger partial charge in [0.25, 0.3) is 0 Å². The molecule has 0 unspecified atom stereocenters. The van der Waals surface area contributed by atoms with Gasteiger partial charge in [0.2, 0.25) is 0 Å². The molecule has 0 aromatic heterocycles. The van der Waals surface area contributed by atoms with Crippen molar-refractivity contribution in [3.05, 3.63) is 0 Å². The quantitative estimate of drug-likeness (QED) is 0.337. The van der Waals surface area contributed by atoms with Crippen molar-refractivity contribution in [1.29, 1.82) is 0 Å². The molecule has 0 heterocycles. The van der Waals surface area contributed by atoms with Crippen molar-refractivity contribution in [3.63, 3.8) is 0 Å². The van der Waals surface area contributed by atoms with Crippen LogP contribution in [0.1, 0.15) is 0 Å². The molecule has 0 atom stereocenters. The molecule has 0 saturated heterocycles. The van der Waals surface area contributed by atoms with Gasteiger partial charge in [-0.1, -0.05) is 0 Å². The van der Waals surface area contributed by atoms with E-state index in [0.29, 0.717) is 0 Å². The van der Waals surface area contributed by atoms with E-state index in [4.69, 9.17) is 0 Å². The topological polar surface area (TPSA) is 158 Å². The minimum Gasteiger partial charge on any atom is -0.412 e. The first-order chi connectivity index (χ1) is 0. The maximum absolute atomic E-state index is 0. The molecule has 0 saturated carbocycles.